The van der Waals surface area contributed by atoms with Crippen LogP contribution in [-0.4, -0.2) is 15.8 Å². The highest BCUT2D eigenvalue weighted by Gasteiger charge is 2.39. The number of nitrogens with two attached hydrogens (primary N) is 1. The molecule has 0 saturated heterocycles. The van der Waals surface area contributed by atoms with Gasteiger partial charge in [0.05, 0.1) is 5.69 Å². The van der Waals surface area contributed by atoms with Gasteiger partial charge in [0, 0.05) is 17.3 Å². The van der Waals surface area contributed by atoms with Crippen LogP contribution in [0.25, 0.3) is 5.69 Å². The molecule has 2 N–H and O–H groups in total. The van der Waals surface area contributed by atoms with Crippen LogP contribution in [0, 0.1) is 0 Å². The van der Waals surface area contributed by atoms with Crippen molar-refractivity contribution in [2.24, 2.45) is 5.73 Å². The highest BCUT2D eigenvalue weighted by molar-refractivity contribution is 5.46. The first-order valence-electron chi connectivity index (χ1n) is 7.99. The van der Waals surface area contributed by atoms with Crippen molar-refractivity contribution in [2.75, 3.05) is 0 Å². The highest BCUT2D eigenvalue weighted by Crippen LogP contribution is 2.37. The van der Waals surface area contributed by atoms with Gasteiger partial charge < -0.3 is 5.73 Å². The third-order valence-corrected chi connectivity index (χ3v) is 4.85. The highest BCUT2D eigenvalue weighted by atomic mass is 19.4. The Bertz CT molecular complexity index is 761. The van der Waals surface area contributed by atoms with E-state index in [1.54, 1.807) is 0 Å². The lowest BCUT2D eigenvalue weighted by Gasteiger charge is -2.15. The van der Waals surface area contributed by atoms with Crippen LogP contribution >= 0.6 is 0 Å². The molecule has 1 aromatic carbocycles. The average molecular weight is 321 g/mol. The molecule has 1 unspecified atom stereocenters. The van der Waals surface area contributed by atoms with Gasteiger partial charge in [0.25, 0.3) is 0 Å². The smallest absolute Gasteiger partial charge is 0.327 e. The van der Waals surface area contributed by atoms with Crippen LogP contribution in [0.3, 0.4) is 0 Å². The quantitative estimate of drug-likeness (QED) is 0.876. The number of nitrogens with zero attached hydrogens (tertiary/aromatic N) is 2. The molecule has 23 heavy (non-hydrogen) atoms. The fourth-order valence-electron chi connectivity index (χ4n) is 3.81. The van der Waals surface area contributed by atoms with Crippen LogP contribution in [0.15, 0.2) is 18.2 Å². The Kier molecular flexibility index (Phi) is 3.27. The summed E-state index contributed by atoms with van der Waals surface area (Å²) in [5.41, 5.74) is 9.38. The van der Waals surface area contributed by atoms with Gasteiger partial charge in [-0.05, 0) is 61.8 Å². The predicted octanol–water partition coefficient (Wildman–Crippen LogP) is 3.20. The number of hydrogen-bond donors (Lipinski definition) is 1. The lowest BCUT2D eigenvalue weighted by atomic mass is 9.95. The maximum absolute atomic E-state index is 13.3. The molecule has 2 aliphatic carbocycles. The topological polar surface area (TPSA) is 43.8 Å². The Labute approximate surface area is 132 Å². The molecule has 2 aromatic rings. The van der Waals surface area contributed by atoms with Crippen molar-refractivity contribution in [2.45, 2.75) is 50.7 Å². The second-order valence-electron chi connectivity index (χ2n) is 6.51. The maximum Gasteiger partial charge on any atom is 0.435 e. The van der Waals surface area contributed by atoms with Gasteiger partial charge in [0.15, 0.2) is 5.69 Å². The Hall–Kier alpha value is -1.82. The monoisotopic (exact) mass is 321 g/mol. The van der Waals surface area contributed by atoms with Crippen molar-refractivity contribution >= 4 is 0 Å². The van der Waals surface area contributed by atoms with Gasteiger partial charge in [-0.15, -0.1) is 0 Å². The summed E-state index contributed by atoms with van der Waals surface area (Å²) >= 11 is 0. The number of alkyl halides is 3. The Morgan fingerprint density at radius 3 is 2.61 bits per heavy atom. The van der Waals surface area contributed by atoms with E-state index in [0.29, 0.717) is 29.8 Å². The molecule has 2 aliphatic rings. The molecule has 0 amide bonds. The molecule has 0 radical (unpaired) electrons. The zero-order valence-electron chi connectivity index (χ0n) is 12.7. The van der Waals surface area contributed by atoms with Gasteiger partial charge in [-0.3, -0.25) is 0 Å². The van der Waals surface area contributed by atoms with Gasteiger partial charge in [0.1, 0.15) is 0 Å². The summed E-state index contributed by atoms with van der Waals surface area (Å²) in [4.78, 5) is 0. The predicted molar refractivity (Wildman–Crippen MR) is 80.6 cm³/mol. The van der Waals surface area contributed by atoms with Crippen molar-refractivity contribution in [1.29, 1.82) is 0 Å². The lowest BCUT2D eigenvalue weighted by molar-refractivity contribution is -0.142. The van der Waals surface area contributed by atoms with Crippen LogP contribution in [0.5, 0.6) is 0 Å². The fraction of sp³-hybridized carbons (Fsp3) is 0.471. The van der Waals surface area contributed by atoms with Crippen molar-refractivity contribution in [3.8, 4) is 5.69 Å². The number of fused-ring (bicyclic) bond motifs is 2. The third-order valence-electron chi connectivity index (χ3n) is 4.85. The van der Waals surface area contributed by atoms with E-state index in [1.807, 2.05) is 18.2 Å². The Morgan fingerprint density at radius 1 is 1.09 bits per heavy atom. The Morgan fingerprint density at radius 2 is 1.83 bits per heavy atom. The zero-order valence-corrected chi connectivity index (χ0v) is 12.7. The molecule has 0 aliphatic heterocycles. The zero-order chi connectivity index (χ0) is 16.2. The minimum atomic E-state index is -4.40. The molecule has 0 bridgehead atoms. The first kappa shape index (κ1) is 14.8. The molecular weight excluding hydrogens is 303 g/mol. The first-order valence-corrected chi connectivity index (χ1v) is 7.99. The number of halogens is 3. The number of hydrogen-bond acceptors (Lipinski definition) is 2. The second kappa shape index (κ2) is 5.09. The average Bonchev–Trinajstić information content (AvgIpc) is 3.05. The van der Waals surface area contributed by atoms with Gasteiger partial charge in [0.2, 0.25) is 0 Å². The molecule has 0 saturated carbocycles. The van der Waals surface area contributed by atoms with Crippen LogP contribution in [0.2, 0.25) is 0 Å². The molecule has 1 heterocycles. The summed E-state index contributed by atoms with van der Waals surface area (Å²) in [7, 11) is 0. The third kappa shape index (κ3) is 2.45. The summed E-state index contributed by atoms with van der Waals surface area (Å²) < 4.78 is 41.4. The summed E-state index contributed by atoms with van der Waals surface area (Å²) in [5, 5.41) is 3.94. The standard InChI is InChI=1S/C17H18F3N3/c18-17(19,20)16-14-3-1-2-4-15(14)23(22-16)13-6-5-10-7-12(21)8-11(10)9-13/h5-6,9,12H,1-4,7-8,21H2. The Balaban J connectivity index is 1.84. The molecule has 122 valence electrons. The summed E-state index contributed by atoms with van der Waals surface area (Å²) in [6.07, 6.45) is 0.0206. The van der Waals surface area contributed by atoms with Crippen LogP contribution in [-0.2, 0) is 31.9 Å². The molecule has 4 rings (SSSR count). The van der Waals surface area contributed by atoms with Gasteiger partial charge in [-0.1, -0.05) is 6.07 Å². The van der Waals surface area contributed by atoms with E-state index in [4.69, 9.17) is 5.73 Å². The van der Waals surface area contributed by atoms with E-state index in [-0.39, 0.29) is 6.04 Å². The van der Waals surface area contributed by atoms with E-state index >= 15 is 0 Å². The van der Waals surface area contributed by atoms with Crippen LogP contribution in [0.4, 0.5) is 13.2 Å². The fourth-order valence-corrected chi connectivity index (χ4v) is 3.81. The first-order chi connectivity index (χ1) is 10.9. The minimum absolute atomic E-state index is 0.109. The van der Waals surface area contributed by atoms with Crippen molar-refractivity contribution in [3.63, 3.8) is 0 Å². The van der Waals surface area contributed by atoms with E-state index < -0.39 is 11.9 Å². The van der Waals surface area contributed by atoms with E-state index in [0.717, 1.165) is 31.2 Å². The van der Waals surface area contributed by atoms with Crippen LogP contribution in [0.1, 0.15) is 40.9 Å². The SMILES string of the molecule is NC1Cc2ccc(-n3nc(C(F)(F)F)c4c3CCCC4)cc2C1. The largest absolute Gasteiger partial charge is 0.435 e. The number of benzene rings is 1. The van der Waals surface area contributed by atoms with Crippen molar-refractivity contribution in [1.82, 2.24) is 9.78 Å². The van der Waals surface area contributed by atoms with E-state index in [2.05, 4.69) is 5.10 Å². The van der Waals surface area contributed by atoms with E-state index in [9.17, 15) is 13.2 Å². The normalized spacial score (nSPS) is 20.4. The van der Waals surface area contributed by atoms with Crippen molar-refractivity contribution < 1.29 is 13.2 Å². The molecular formula is C17H18F3N3. The molecule has 1 aromatic heterocycles. The maximum atomic E-state index is 13.3. The van der Waals surface area contributed by atoms with Gasteiger partial charge >= 0.3 is 6.18 Å². The van der Waals surface area contributed by atoms with Gasteiger partial charge in [-0.2, -0.15) is 18.3 Å². The summed E-state index contributed by atoms with van der Waals surface area (Å²) in [6, 6.07) is 5.89. The molecule has 3 nitrogen and oxygen atoms in total. The van der Waals surface area contributed by atoms with Crippen molar-refractivity contribution in [3.05, 3.63) is 46.3 Å². The van der Waals surface area contributed by atoms with Gasteiger partial charge in [-0.25, -0.2) is 4.68 Å². The molecule has 6 heteroatoms. The molecule has 0 spiro atoms. The number of rotatable bonds is 1. The molecule has 1 atom stereocenters. The summed E-state index contributed by atoms with van der Waals surface area (Å²) in [6.45, 7) is 0. The molecule has 0 fully saturated rings. The van der Waals surface area contributed by atoms with Crippen LogP contribution < -0.4 is 5.73 Å². The lowest BCUT2D eigenvalue weighted by Crippen LogP contribution is -2.19. The second-order valence-corrected chi connectivity index (χ2v) is 6.51. The minimum Gasteiger partial charge on any atom is -0.327 e. The number of aromatic nitrogens is 2. The summed E-state index contributed by atoms with van der Waals surface area (Å²) in [5.74, 6) is 0. The van der Waals surface area contributed by atoms with E-state index in [1.165, 1.54) is 10.2 Å².